The van der Waals surface area contributed by atoms with E-state index in [0.29, 0.717) is 20.6 Å². The maximum absolute atomic E-state index is 13.6. The molecule has 166 valence electrons. The number of hydrogen-bond donors (Lipinski definition) is 0. The van der Waals surface area contributed by atoms with Crippen LogP contribution in [0.3, 0.4) is 0 Å². The van der Waals surface area contributed by atoms with E-state index in [1.807, 2.05) is 72.3 Å². The molecule has 1 aliphatic heterocycles. The highest BCUT2D eigenvalue weighted by Crippen LogP contribution is 2.36. The van der Waals surface area contributed by atoms with Gasteiger partial charge >= 0.3 is 5.97 Å². The highest BCUT2D eigenvalue weighted by Gasteiger charge is 2.35. The Bertz CT molecular complexity index is 1520. The van der Waals surface area contributed by atoms with E-state index < -0.39 is 12.0 Å². The van der Waals surface area contributed by atoms with Crippen molar-refractivity contribution in [3.05, 3.63) is 105 Å². The molecule has 3 aromatic heterocycles. The van der Waals surface area contributed by atoms with Gasteiger partial charge in [0.1, 0.15) is 6.04 Å². The number of hydrogen-bond acceptors (Lipinski definition) is 7. The summed E-state index contributed by atoms with van der Waals surface area (Å²) in [4.78, 5) is 34.3. The summed E-state index contributed by atoms with van der Waals surface area (Å²) in [7, 11) is 0. The van der Waals surface area contributed by atoms with E-state index in [-0.39, 0.29) is 12.2 Å². The number of carbonyl (C=O) groups excluding carboxylic acids is 1. The van der Waals surface area contributed by atoms with Crippen molar-refractivity contribution >= 4 is 51.8 Å². The molecule has 4 heterocycles. The maximum Gasteiger partial charge on any atom is 0.338 e. The molecule has 0 radical (unpaired) electrons. The van der Waals surface area contributed by atoms with E-state index in [1.54, 1.807) is 22.8 Å². The molecule has 0 saturated heterocycles. The summed E-state index contributed by atoms with van der Waals surface area (Å²) >= 11 is 4.45. The van der Waals surface area contributed by atoms with Crippen LogP contribution in [0.1, 0.15) is 33.8 Å². The molecule has 4 aromatic rings. The van der Waals surface area contributed by atoms with Crippen molar-refractivity contribution in [2.45, 2.75) is 19.9 Å². The standard InChI is InChI=1S/C25H20N2O3S3/c1-3-30-24(29)20-21(16-8-5-4-6-9-16)26-25-27(22(20)17-10-7-12-31-17)23(28)19(33-25)14-18-15(2)11-13-32-18/h4-14,22H,3H2,1-2H3/b19-14-/t22-/m0/s1. The Balaban J connectivity index is 1.83. The number of aryl methyl sites for hydroxylation is 1. The number of nitrogens with zero attached hydrogens (tertiary/aromatic N) is 2. The molecular weight excluding hydrogens is 472 g/mol. The molecule has 0 amide bonds. The number of ether oxygens (including phenoxy) is 1. The van der Waals surface area contributed by atoms with Gasteiger partial charge in [-0.3, -0.25) is 9.36 Å². The van der Waals surface area contributed by atoms with Gasteiger partial charge in [-0.05, 0) is 48.4 Å². The number of esters is 1. The summed E-state index contributed by atoms with van der Waals surface area (Å²) in [6.45, 7) is 4.04. The average molecular weight is 493 g/mol. The molecule has 5 rings (SSSR count). The van der Waals surface area contributed by atoms with Crippen LogP contribution in [0.2, 0.25) is 0 Å². The van der Waals surface area contributed by atoms with E-state index in [1.165, 1.54) is 22.7 Å². The van der Waals surface area contributed by atoms with Crippen molar-refractivity contribution in [3.63, 3.8) is 0 Å². The van der Waals surface area contributed by atoms with Crippen LogP contribution in [-0.2, 0) is 9.53 Å². The predicted molar refractivity (Wildman–Crippen MR) is 134 cm³/mol. The zero-order chi connectivity index (χ0) is 22.9. The minimum Gasteiger partial charge on any atom is -0.463 e. The van der Waals surface area contributed by atoms with Crippen molar-refractivity contribution in [3.8, 4) is 0 Å². The molecule has 33 heavy (non-hydrogen) atoms. The summed E-state index contributed by atoms with van der Waals surface area (Å²) < 4.78 is 7.69. The number of aromatic nitrogens is 1. The molecule has 0 saturated carbocycles. The lowest BCUT2D eigenvalue weighted by Crippen LogP contribution is -2.39. The van der Waals surface area contributed by atoms with Crippen LogP contribution in [0.5, 0.6) is 0 Å². The van der Waals surface area contributed by atoms with Gasteiger partial charge in [0.15, 0.2) is 4.80 Å². The van der Waals surface area contributed by atoms with E-state index in [9.17, 15) is 9.59 Å². The molecule has 0 unspecified atom stereocenters. The molecule has 8 heteroatoms. The summed E-state index contributed by atoms with van der Waals surface area (Å²) in [6.07, 6.45) is 1.92. The third-order valence-electron chi connectivity index (χ3n) is 5.35. The minimum absolute atomic E-state index is 0.154. The third kappa shape index (κ3) is 3.94. The Hall–Kier alpha value is -3.07. The van der Waals surface area contributed by atoms with Gasteiger partial charge in [-0.15, -0.1) is 22.7 Å². The second-order valence-electron chi connectivity index (χ2n) is 7.41. The lowest BCUT2D eigenvalue weighted by molar-refractivity contribution is -0.138. The first-order chi connectivity index (χ1) is 16.1. The average Bonchev–Trinajstić information content (AvgIpc) is 3.56. The Morgan fingerprint density at radius 2 is 1.94 bits per heavy atom. The van der Waals surface area contributed by atoms with Crippen LogP contribution in [0.25, 0.3) is 11.8 Å². The van der Waals surface area contributed by atoms with Crippen molar-refractivity contribution in [2.24, 2.45) is 4.99 Å². The molecule has 0 spiro atoms. The molecule has 0 N–H and O–H groups in total. The molecule has 1 aliphatic rings. The SMILES string of the molecule is CCOC(=O)C1=C(c2ccccc2)N=c2s/c(=C\c3sccc3C)c(=O)n2[C@H]1c1cccs1. The van der Waals surface area contributed by atoms with E-state index in [0.717, 1.165) is 20.9 Å². The van der Waals surface area contributed by atoms with Gasteiger partial charge in [-0.2, -0.15) is 0 Å². The third-order valence-corrected chi connectivity index (χ3v) is 8.22. The van der Waals surface area contributed by atoms with Gasteiger partial charge in [-0.1, -0.05) is 47.7 Å². The Morgan fingerprint density at radius 1 is 1.12 bits per heavy atom. The quantitative estimate of drug-likeness (QED) is 0.389. The fourth-order valence-electron chi connectivity index (χ4n) is 3.81. The van der Waals surface area contributed by atoms with Gasteiger partial charge in [0.2, 0.25) is 0 Å². The molecule has 0 fully saturated rings. The van der Waals surface area contributed by atoms with E-state index >= 15 is 0 Å². The van der Waals surface area contributed by atoms with Crippen LogP contribution in [-0.4, -0.2) is 17.1 Å². The highest BCUT2D eigenvalue weighted by molar-refractivity contribution is 7.11. The summed E-state index contributed by atoms with van der Waals surface area (Å²) in [5, 5.41) is 3.96. The van der Waals surface area contributed by atoms with Crippen LogP contribution in [0, 0.1) is 6.92 Å². The number of thiazole rings is 1. The second-order valence-corrected chi connectivity index (χ2v) is 10.4. The lowest BCUT2D eigenvalue weighted by atomic mass is 9.97. The van der Waals surface area contributed by atoms with Gasteiger partial charge in [-0.25, -0.2) is 9.79 Å². The summed E-state index contributed by atoms with van der Waals surface area (Å²) in [5.74, 6) is -0.457. The first-order valence-corrected chi connectivity index (χ1v) is 13.0. The maximum atomic E-state index is 13.6. The van der Waals surface area contributed by atoms with Crippen molar-refractivity contribution in [2.75, 3.05) is 6.61 Å². The largest absolute Gasteiger partial charge is 0.463 e. The van der Waals surface area contributed by atoms with Gasteiger partial charge < -0.3 is 4.74 Å². The first-order valence-electron chi connectivity index (χ1n) is 10.4. The van der Waals surface area contributed by atoms with Crippen molar-refractivity contribution < 1.29 is 9.53 Å². The van der Waals surface area contributed by atoms with E-state index in [2.05, 4.69) is 0 Å². The molecule has 0 aliphatic carbocycles. The number of benzene rings is 1. The van der Waals surface area contributed by atoms with Gasteiger partial charge in [0, 0.05) is 15.3 Å². The minimum atomic E-state index is -0.595. The normalized spacial score (nSPS) is 15.9. The topological polar surface area (TPSA) is 60.7 Å². The summed E-state index contributed by atoms with van der Waals surface area (Å²) in [5.41, 5.74) is 2.72. The Morgan fingerprint density at radius 3 is 2.61 bits per heavy atom. The number of fused-ring (bicyclic) bond motifs is 1. The van der Waals surface area contributed by atoms with Crippen LogP contribution >= 0.6 is 34.0 Å². The zero-order valence-corrected chi connectivity index (χ0v) is 20.4. The Labute approximate surface area is 202 Å². The predicted octanol–water partition coefficient (Wildman–Crippen LogP) is 4.37. The fraction of sp³-hybridized carbons (Fsp3) is 0.160. The Kier molecular flexibility index (Phi) is 5.97. The highest BCUT2D eigenvalue weighted by atomic mass is 32.1. The molecule has 0 bridgehead atoms. The van der Waals surface area contributed by atoms with Crippen LogP contribution < -0.4 is 14.9 Å². The summed E-state index contributed by atoms with van der Waals surface area (Å²) in [6, 6.07) is 14.9. The molecule has 1 aromatic carbocycles. The van der Waals surface area contributed by atoms with Crippen LogP contribution in [0.15, 0.2) is 74.7 Å². The second kappa shape index (κ2) is 9.05. The number of carbonyl (C=O) groups is 1. The molecular formula is C25H20N2O3S3. The number of thiophene rings is 2. The van der Waals surface area contributed by atoms with Gasteiger partial charge in [0.25, 0.3) is 5.56 Å². The van der Waals surface area contributed by atoms with Gasteiger partial charge in [0.05, 0.1) is 22.4 Å². The fourth-order valence-corrected chi connectivity index (χ4v) is 6.55. The molecule has 5 nitrogen and oxygen atoms in total. The smallest absolute Gasteiger partial charge is 0.338 e. The first kappa shape index (κ1) is 21.8. The number of rotatable bonds is 5. The molecule has 1 atom stereocenters. The van der Waals surface area contributed by atoms with Crippen molar-refractivity contribution in [1.29, 1.82) is 0 Å². The lowest BCUT2D eigenvalue weighted by Gasteiger charge is -2.24. The van der Waals surface area contributed by atoms with Crippen LogP contribution in [0.4, 0.5) is 0 Å². The monoisotopic (exact) mass is 492 g/mol. The zero-order valence-electron chi connectivity index (χ0n) is 18.0. The van der Waals surface area contributed by atoms with E-state index in [4.69, 9.17) is 9.73 Å². The van der Waals surface area contributed by atoms with Crippen molar-refractivity contribution in [1.82, 2.24) is 4.57 Å².